The Bertz CT molecular complexity index is 1080. The summed E-state index contributed by atoms with van der Waals surface area (Å²) >= 11 is 0.993. The maximum Gasteiger partial charge on any atom is 0.275 e. The fourth-order valence-corrected chi connectivity index (χ4v) is 4.08. The summed E-state index contributed by atoms with van der Waals surface area (Å²) in [5.74, 6) is -1.08. The van der Waals surface area contributed by atoms with Gasteiger partial charge in [-0.25, -0.2) is 13.4 Å². The van der Waals surface area contributed by atoms with Gasteiger partial charge in [-0.05, 0) is 36.4 Å². The zero-order valence-electron chi connectivity index (χ0n) is 13.7. The summed E-state index contributed by atoms with van der Waals surface area (Å²) < 4.78 is 26.9. The predicted octanol–water partition coefficient (Wildman–Crippen LogP) is 2.30. The summed E-state index contributed by atoms with van der Waals surface area (Å²) in [6.07, 6.45) is 0. The molecule has 0 fully saturated rings. The van der Waals surface area contributed by atoms with Gasteiger partial charge in [-0.1, -0.05) is 18.2 Å². The third kappa shape index (κ3) is 4.49. The van der Waals surface area contributed by atoms with E-state index in [0.717, 1.165) is 11.3 Å². The number of carbonyl (C=O) groups is 2. The Morgan fingerprint density at radius 3 is 2.30 bits per heavy atom. The topological polar surface area (TPSA) is 131 Å². The number of hydrogen-bond acceptors (Lipinski definition) is 6. The molecule has 0 radical (unpaired) electrons. The minimum Gasteiger partial charge on any atom is -0.366 e. The minimum atomic E-state index is -3.78. The zero-order valence-corrected chi connectivity index (χ0v) is 15.4. The van der Waals surface area contributed by atoms with Crippen molar-refractivity contribution in [2.75, 3.05) is 10.0 Å². The highest BCUT2D eigenvalue weighted by molar-refractivity contribution is 7.93. The largest absolute Gasteiger partial charge is 0.366 e. The lowest BCUT2D eigenvalue weighted by molar-refractivity contribution is 0.0998. The highest BCUT2D eigenvalue weighted by Crippen LogP contribution is 2.21. The van der Waals surface area contributed by atoms with Crippen LogP contribution in [0, 0.1) is 0 Å². The van der Waals surface area contributed by atoms with Gasteiger partial charge in [0, 0.05) is 16.6 Å². The van der Waals surface area contributed by atoms with Crippen molar-refractivity contribution in [3.8, 4) is 0 Å². The van der Waals surface area contributed by atoms with Crippen LogP contribution in [0.15, 0.2) is 64.9 Å². The number of benzene rings is 2. The fraction of sp³-hybridized carbons (Fsp3) is 0. The molecule has 0 unspecified atom stereocenters. The van der Waals surface area contributed by atoms with Crippen LogP contribution < -0.4 is 15.8 Å². The molecule has 0 saturated carbocycles. The second-order valence-electron chi connectivity index (χ2n) is 5.35. The van der Waals surface area contributed by atoms with Gasteiger partial charge in [-0.2, -0.15) is 0 Å². The lowest BCUT2D eigenvalue weighted by Gasteiger charge is -2.05. The first-order valence-electron chi connectivity index (χ1n) is 7.60. The SMILES string of the molecule is NC(=O)c1ccc(NC(=O)c2csc(NS(=O)(=O)c3ccccc3)n2)cc1. The summed E-state index contributed by atoms with van der Waals surface area (Å²) in [7, 11) is -3.78. The van der Waals surface area contributed by atoms with Gasteiger partial charge in [-0.15, -0.1) is 11.3 Å². The van der Waals surface area contributed by atoms with Gasteiger partial charge >= 0.3 is 0 Å². The van der Waals surface area contributed by atoms with Gasteiger partial charge in [0.15, 0.2) is 5.13 Å². The van der Waals surface area contributed by atoms with Crippen molar-refractivity contribution in [2.45, 2.75) is 4.90 Å². The molecule has 0 spiro atoms. The van der Waals surface area contributed by atoms with Crippen molar-refractivity contribution >= 4 is 44.0 Å². The number of hydrogen-bond donors (Lipinski definition) is 3. The molecule has 0 atom stereocenters. The molecule has 0 aliphatic carbocycles. The summed E-state index contributed by atoms with van der Waals surface area (Å²) in [5.41, 5.74) is 5.99. The van der Waals surface area contributed by atoms with E-state index >= 15 is 0 Å². The average molecular weight is 402 g/mol. The normalized spacial score (nSPS) is 11.0. The lowest BCUT2D eigenvalue weighted by atomic mass is 10.2. The molecule has 8 nitrogen and oxygen atoms in total. The Labute approximate surface area is 159 Å². The number of primary amides is 1. The van der Waals surface area contributed by atoms with Crippen molar-refractivity contribution in [3.63, 3.8) is 0 Å². The van der Waals surface area contributed by atoms with Gasteiger partial charge in [-0.3, -0.25) is 14.3 Å². The van der Waals surface area contributed by atoms with Crippen LogP contribution in [0.5, 0.6) is 0 Å². The van der Waals surface area contributed by atoms with E-state index in [1.807, 2.05) is 0 Å². The molecule has 0 bridgehead atoms. The number of rotatable bonds is 6. The Morgan fingerprint density at radius 1 is 1.00 bits per heavy atom. The highest BCUT2D eigenvalue weighted by atomic mass is 32.2. The zero-order chi connectivity index (χ0) is 19.4. The quantitative estimate of drug-likeness (QED) is 0.582. The third-order valence-electron chi connectivity index (χ3n) is 3.44. The van der Waals surface area contributed by atoms with Crippen LogP contribution in [0.2, 0.25) is 0 Å². The third-order valence-corrected chi connectivity index (χ3v) is 5.68. The van der Waals surface area contributed by atoms with Crippen LogP contribution in [0.4, 0.5) is 10.8 Å². The van der Waals surface area contributed by atoms with E-state index in [2.05, 4.69) is 15.0 Å². The van der Waals surface area contributed by atoms with E-state index in [0.29, 0.717) is 11.3 Å². The molecule has 10 heteroatoms. The second-order valence-corrected chi connectivity index (χ2v) is 7.89. The number of carbonyl (C=O) groups excluding carboxylic acids is 2. The molecule has 2 aromatic carbocycles. The lowest BCUT2D eigenvalue weighted by Crippen LogP contribution is -2.15. The first-order valence-corrected chi connectivity index (χ1v) is 9.96. The molecule has 1 heterocycles. The van der Waals surface area contributed by atoms with Gasteiger partial charge < -0.3 is 11.1 Å². The van der Waals surface area contributed by atoms with Crippen LogP contribution in [-0.4, -0.2) is 25.2 Å². The Balaban J connectivity index is 1.70. The van der Waals surface area contributed by atoms with E-state index in [4.69, 9.17) is 5.73 Å². The van der Waals surface area contributed by atoms with Crippen LogP contribution >= 0.6 is 11.3 Å². The average Bonchev–Trinajstić information content (AvgIpc) is 3.11. The first-order chi connectivity index (χ1) is 12.8. The van der Waals surface area contributed by atoms with Gasteiger partial charge in [0.25, 0.3) is 15.9 Å². The molecular formula is C17H14N4O4S2. The summed E-state index contributed by atoms with van der Waals surface area (Å²) in [6, 6.07) is 13.9. The van der Waals surface area contributed by atoms with E-state index in [-0.39, 0.29) is 15.7 Å². The van der Waals surface area contributed by atoms with Gasteiger partial charge in [0.2, 0.25) is 5.91 Å². The molecule has 0 aliphatic heterocycles. The van der Waals surface area contributed by atoms with Crippen molar-refractivity contribution < 1.29 is 18.0 Å². The maximum atomic E-state index is 12.3. The molecular weight excluding hydrogens is 388 g/mol. The minimum absolute atomic E-state index is 0.0599. The number of sulfonamides is 1. The molecule has 0 saturated heterocycles. The smallest absolute Gasteiger partial charge is 0.275 e. The number of nitrogens with zero attached hydrogens (tertiary/aromatic N) is 1. The molecule has 3 rings (SSSR count). The second kappa shape index (κ2) is 7.56. The van der Waals surface area contributed by atoms with Crippen LogP contribution in [0.25, 0.3) is 0 Å². The predicted molar refractivity (Wildman–Crippen MR) is 102 cm³/mol. The van der Waals surface area contributed by atoms with Crippen molar-refractivity contribution in [3.05, 3.63) is 71.2 Å². The maximum absolute atomic E-state index is 12.3. The van der Waals surface area contributed by atoms with E-state index in [1.54, 1.807) is 18.2 Å². The van der Waals surface area contributed by atoms with E-state index < -0.39 is 21.8 Å². The molecule has 2 amide bonds. The van der Waals surface area contributed by atoms with E-state index in [9.17, 15) is 18.0 Å². The Kier molecular flexibility index (Phi) is 5.19. The highest BCUT2D eigenvalue weighted by Gasteiger charge is 2.17. The number of thiazole rings is 1. The molecule has 4 N–H and O–H groups in total. The number of nitrogens with two attached hydrogens (primary N) is 1. The van der Waals surface area contributed by atoms with Crippen molar-refractivity contribution in [1.82, 2.24) is 4.98 Å². The number of amides is 2. The molecule has 3 aromatic rings. The number of nitrogens with one attached hydrogen (secondary N) is 2. The van der Waals surface area contributed by atoms with Crippen LogP contribution in [0.3, 0.4) is 0 Å². The summed E-state index contributed by atoms with van der Waals surface area (Å²) in [6.45, 7) is 0. The molecule has 0 aliphatic rings. The molecule has 138 valence electrons. The Morgan fingerprint density at radius 2 is 1.67 bits per heavy atom. The fourth-order valence-electron chi connectivity index (χ4n) is 2.11. The van der Waals surface area contributed by atoms with Gasteiger partial charge in [0.05, 0.1) is 4.90 Å². The van der Waals surface area contributed by atoms with Crippen LogP contribution in [-0.2, 0) is 10.0 Å². The van der Waals surface area contributed by atoms with Crippen molar-refractivity contribution in [1.29, 1.82) is 0 Å². The number of aromatic nitrogens is 1. The summed E-state index contributed by atoms with van der Waals surface area (Å²) in [5, 5.41) is 4.13. The molecule has 27 heavy (non-hydrogen) atoms. The summed E-state index contributed by atoms with van der Waals surface area (Å²) in [4.78, 5) is 27.4. The van der Waals surface area contributed by atoms with Gasteiger partial charge in [0.1, 0.15) is 5.69 Å². The number of anilines is 2. The standard InChI is InChI=1S/C17H14N4O4S2/c18-15(22)11-6-8-12(9-7-11)19-16(23)14-10-26-17(20-14)21-27(24,25)13-4-2-1-3-5-13/h1-10H,(H2,18,22)(H,19,23)(H,20,21). The monoisotopic (exact) mass is 402 g/mol. The Hall–Kier alpha value is -3.24. The van der Waals surface area contributed by atoms with Crippen LogP contribution in [0.1, 0.15) is 20.8 Å². The molecule has 1 aromatic heterocycles. The van der Waals surface area contributed by atoms with E-state index in [1.165, 1.54) is 41.8 Å². The van der Waals surface area contributed by atoms with Crippen molar-refractivity contribution in [2.24, 2.45) is 5.73 Å². The first kappa shape index (κ1) is 18.5.